The first-order valence-corrected chi connectivity index (χ1v) is 8.34. The summed E-state index contributed by atoms with van der Waals surface area (Å²) in [5, 5.41) is 2.94. The van der Waals surface area contributed by atoms with Crippen LogP contribution in [0.2, 0.25) is 0 Å². The summed E-state index contributed by atoms with van der Waals surface area (Å²) < 4.78 is 1.85. The number of likely N-dealkylation sites (tertiary alicyclic amines) is 1. The minimum atomic E-state index is 0.0192. The van der Waals surface area contributed by atoms with Crippen LogP contribution in [0.3, 0.4) is 0 Å². The molecule has 1 saturated heterocycles. The van der Waals surface area contributed by atoms with E-state index < -0.39 is 0 Å². The lowest BCUT2D eigenvalue weighted by atomic mass is 9.98. The van der Waals surface area contributed by atoms with Crippen LogP contribution in [0, 0.1) is 5.92 Å². The second-order valence-corrected chi connectivity index (χ2v) is 6.92. The summed E-state index contributed by atoms with van der Waals surface area (Å²) in [5.74, 6) is 0.543. The molecule has 1 aliphatic rings. The SMILES string of the molecule is NCC1CCCN(CC(=O)Nc2ccc(Br)cc2Br)C1. The van der Waals surface area contributed by atoms with Gasteiger partial charge in [-0.15, -0.1) is 0 Å². The highest BCUT2D eigenvalue weighted by atomic mass is 79.9. The number of piperidine rings is 1. The van der Waals surface area contributed by atoms with Crippen LogP contribution >= 0.6 is 31.9 Å². The number of nitrogens with two attached hydrogens (primary N) is 1. The Morgan fingerprint density at radius 3 is 2.95 bits per heavy atom. The molecule has 0 radical (unpaired) electrons. The van der Waals surface area contributed by atoms with E-state index in [1.165, 1.54) is 6.42 Å². The number of hydrogen-bond donors (Lipinski definition) is 2. The summed E-state index contributed by atoms with van der Waals surface area (Å²) in [6, 6.07) is 5.71. The molecule has 0 spiro atoms. The van der Waals surface area contributed by atoms with E-state index in [2.05, 4.69) is 42.1 Å². The lowest BCUT2D eigenvalue weighted by Crippen LogP contribution is -2.42. The molecule has 1 aromatic carbocycles. The Bertz CT molecular complexity index is 481. The molecule has 110 valence electrons. The Morgan fingerprint density at radius 2 is 2.25 bits per heavy atom. The van der Waals surface area contributed by atoms with Gasteiger partial charge >= 0.3 is 0 Å². The molecule has 1 atom stereocenters. The highest BCUT2D eigenvalue weighted by Gasteiger charge is 2.20. The van der Waals surface area contributed by atoms with Gasteiger partial charge in [0, 0.05) is 15.5 Å². The summed E-state index contributed by atoms with van der Waals surface area (Å²) in [6.45, 7) is 3.03. The molecule has 4 nitrogen and oxygen atoms in total. The van der Waals surface area contributed by atoms with Crippen molar-refractivity contribution in [2.75, 3.05) is 31.5 Å². The molecule has 0 bridgehead atoms. The molecule has 3 N–H and O–H groups in total. The van der Waals surface area contributed by atoms with Gasteiger partial charge in [-0.2, -0.15) is 0 Å². The number of halogens is 2. The fraction of sp³-hybridized carbons (Fsp3) is 0.500. The van der Waals surface area contributed by atoms with E-state index in [0.29, 0.717) is 19.0 Å². The summed E-state index contributed by atoms with van der Waals surface area (Å²) in [4.78, 5) is 14.3. The van der Waals surface area contributed by atoms with Gasteiger partial charge in [-0.05, 0) is 66.0 Å². The summed E-state index contributed by atoms with van der Waals surface area (Å²) in [6.07, 6.45) is 2.30. The van der Waals surface area contributed by atoms with E-state index >= 15 is 0 Å². The molecule has 1 aromatic rings. The zero-order valence-electron chi connectivity index (χ0n) is 11.2. The van der Waals surface area contributed by atoms with Crippen LogP contribution in [-0.2, 0) is 4.79 Å². The first-order valence-electron chi connectivity index (χ1n) is 6.76. The Labute approximate surface area is 136 Å². The second-order valence-electron chi connectivity index (χ2n) is 5.15. The van der Waals surface area contributed by atoms with E-state index in [1.807, 2.05) is 18.2 Å². The zero-order chi connectivity index (χ0) is 14.5. The Hall–Kier alpha value is -0.430. The van der Waals surface area contributed by atoms with Gasteiger partial charge in [-0.25, -0.2) is 0 Å². The minimum Gasteiger partial charge on any atom is -0.330 e. The number of amides is 1. The average molecular weight is 405 g/mol. The number of anilines is 1. The number of benzene rings is 1. The maximum Gasteiger partial charge on any atom is 0.238 e. The van der Waals surface area contributed by atoms with Crippen molar-refractivity contribution in [3.63, 3.8) is 0 Å². The van der Waals surface area contributed by atoms with Crippen LogP contribution in [0.25, 0.3) is 0 Å². The molecule has 1 amide bonds. The fourth-order valence-electron chi connectivity index (χ4n) is 2.47. The van der Waals surface area contributed by atoms with Gasteiger partial charge in [0.1, 0.15) is 0 Å². The van der Waals surface area contributed by atoms with Gasteiger partial charge in [0.25, 0.3) is 0 Å². The summed E-state index contributed by atoms with van der Waals surface area (Å²) in [7, 11) is 0. The maximum absolute atomic E-state index is 12.1. The second kappa shape index (κ2) is 7.54. The molecular formula is C14H19Br2N3O. The van der Waals surface area contributed by atoms with Crippen molar-refractivity contribution in [1.29, 1.82) is 0 Å². The zero-order valence-corrected chi connectivity index (χ0v) is 14.4. The molecule has 1 fully saturated rings. The first kappa shape index (κ1) is 15.9. The third kappa shape index (κ3) is 4.55. The van der Waals surface area contributed by atoms with Crippen LogP contribution in [-0.4, -0.2) is 37.0 Å². The third-order valence-electron chi connectivity index (χ3n) is 3.51. The van der Waals surface area contributed by atoms with Gasteiger partial charge in [0.15, 0.2) is 0 Å². The van der Waals surface area contributed by atoms with E-state index in [9.17, 15) is 4.79 Å². The van der Waals surface area contributed by atoms with Crippen LogP contribution in [0.15, 0.2) is 27.1 Å². The van der Waals surface area contributed by atoms with Gasteiger partial charge in [0.2, 0.25) is 5.91 Å². The number of nitrogens with one attached hydrogen (secondary N) is 1. The summed E-state index contributed by atoms with van der Waals surface area (Å²) in [5.41, 5.74) is 6.51. The van der Waals surface area contributed by atoms with E-state index in [4.69, 9.17) is 5.73 Å². The van der Waals surface area contributed by atoms with Crippen molar-refractivity contribution in [1.82, 2.24) is 4.90 Å². The fourth-order valence-corrected chi connectivity index (χ4v) is 3.62. The minimum absolute atomic E-state index is 0.0192. The van der Waals surface area contributed by atoms with E-state index in [-0.39, 0.29) is 5.91 Å². The normalized spacial score (nSPS) is 19.9. The topological polar surface area (TPSA) is 58.4 Å². The Morgan fingerprint density at radius 1 is 1.45 bits per heavy atom. The number of nitrogens with zero attached hydrogens (tertiary/aromatic N) is 1. The Kier molecular flexibility index (Phi) is 6.01. The number of carbonyl (C=O) groups excluding carboxylic acids is 1. The number of hydrogen-bond acceptors (Lipinski definition) is 3. The standard InChI is InChI=1S/C14H19Br2N3O/c15-11-3-4-13(12(16)6-11)18-14(20)9-19-5-1-2-10(7-17)8-19/h3-4,6,10H,1-2,5,7-9,17H2,(H,18,20). The molecule has 20 heavy (non-hydrogen) atoms. The first-order chi connectivity index (χ1) is 9.58. The molecule has 1 unspecified atom stereocenters. The largest absolute Gasteiger partial charge is 0.330 e. The number of carbonyl (C=O) groups is 1. The van der Waals surface area contributed by atoms with Crippen molar-refractivity contribution in [2.24, 2.45) is 11.7 Å². The Balaban J connectivity index is 1.88. The highest BCUT2D eigenvalue weighted by molar-refractivity contribution is 9.11. The molecule has 1 aliphatic heterocycles. The monoisotopic (exact) mass is 403 g/mol. The molecule has 0 saturated carbocycles. The average Bonchev–Trinajstić information content (AvgIpc) is 2.42. The smallest absolute Gasteiger partial charge is 0.238 e. The summed E-state index contributed by atoms with van der Waals surface area (Å²) >= 11 is 6.84. The lowest BCUT2D eigenvalue weighted by Gasteiger charge is -2.31. The van der Waals surface area contributed by atoms with Crippen LogP contribution in [0.5, 0.6) is 0 Å². The van der Waals surface area contributed by atoms with Gasteiger partial charge < -0.3 is 11.1 Å². The molecule has 0 aliphatic carbocycles. The van der Waals surface area contributed by atoms with Crippen molar-refractivity contribution < 1.29 is 4.79 Å². The van der Waals surface area contributed by atoms with Crippen molar-refractivity contribution in [3.05, 3.63) is 27.1 Å². The molecular weight excluding hydrogens is 386 g/mol. The highest BCUT2D eigenvalue weighted by Crippen LogP contribution is 2.26. The van der Waals surface area contributed by atoms with Crippen LogP contribution in [0.4, 0.5) is 5.69 Å². The quantitative estimate of drug-likeness (QED) is 0.811. The maximum atomic E-state index is 12.1. The lowest BCUT2D eigenvalue weighted by molar-refractivity contribution is -0.117. The molecule has 0 aromatic heterocycles. The predicted molar refractivity (Wildman–Crippen MR) is 88.7 cm³/mol. The third-order valence-corrected chi connectivity index (χ3v) is 4.66. The van der Waals surface area contributed by atoms with Crippen molar-refractivity contribution >= 4 is 43.5 Å². The van der Waals surface area contributed by atoms with E-state index in [0.717, 1.165) is 34.1 Å². The molecule has 6 heteroatoms. The van der Waals surface area contributed by atoms with Crippen LogP contribution < -0.4 is 11.1 Å². The van der Waals surface area contributed by atoms with Crippen LogP contribution in [0.1, 0.15) is 12.8 Å². The molecule has 2 rings (SSSR count). The number of rotatable bonds is 4. The molecule has 1 heterocycles. The van der Waals surface area contributed by atoms with Gasteiger partial charge in [-0.3, -0.25) is 9.69 Å². The van der Waals surface area contributed by atoms with E-state index in [1.54, 1.807) is 0 Å². The van der Waals surface area contributed by atoms with Gasteiger partial charge in [-0.1, -0.05) is 15.9 Å². The van der Waals surface area contributed by atoms with Crippen molar-refractivity contribution in [3.8, 4) is 0 Å². The predicted octanol–water partition coefficient (Wildman–Crippen LogP) is 2.82. The van der Waals surface area contributed by atoms with Gasteiger partial charge in [0.05, 0.1) is 12.2 Å². The van der Waals surface area contributed by atoms with Crippen molar-refractivity contribution in [2.45, 2.75) is 12.8 Å².